The van der Waals surface area contributed by atoms with Gasteiger partial charge in [0.1, 0.15) is 5.82 Å². The molecule has 0 amide bonds. The van der Waals surface area contributed by atoms with E-state index in [9.17, 15) is 4.39 Å². The predicted molar refractivity (Wildman–Crippen MR) is 97.4 cm³/mol. The van der Waals surface area contributed by atoms with Crippen LogP contribution in [0, 0.1) is 12.7 Å². The van der Waals surface area contributed by atoms with Gasteiger partial charge < -0.3 is 10.2 Å². The summed E-state index contributed by atoms with van der Waals surface area (Å²) in [6.45, 7) is 6.04. The first kappa shape index (κ1) is 16.9. The number of thiocarbonyl (C=S) groups is 1. The second-order valence-corrected chi connectivity index (χ2v) is 6.44. The zero-order chi connectivity index (χ0) is 17.1. The van der Waals surface area contributed by atoms with Crippen LogP contribution in [0.3, 0.4) is 0 Å². The van der Waals surface area contributed by atoms with Gasteiger partial charge in [-0.25, -0.2) is 4.39 Å². The molecule has 24 heavy (non-hydrogen) atoms. The summed E-state index contributed by atoms with van der Waals surface area (Å²) in [5.74, 6) is -0.135. The van der Waals surface area contributed by atoms with Gasteiger partial charge in [0.15, 0.2) is 5.11 Å². The smallest absolute Gasteiger partial charge is 0.173 e. The van der Waals surface area contributed by atoms with Gasteiger partial charge >= 0.3 is 0 Å². The fourth-order valence-electron chi connectivity index (χ4n) is 2.79. The molecule has 1 aliphatic heterocycles. The van der Waals surface area contributed by atoms with Crippen molar-refractivity contribution in [2.24, 2.45) is 7.05 Å². The molecule has 0 bridgehead atoms. The van der Waals surface area contributed by atoms with E-state index in [-0.39, 0.29) is 5.82 Å². The van der Waals surface area contributed by atoms with E-state index >= 15 is 0 Å². The van der Waals surface area contributed by atoms with E-state index in [1.807, 2.05) is 30.8 Å². The number of anilines is 1. The van der Waals surface area contributed by atoms with Gasteiger partial charge in [-0.3, -0.25) is 9.58 Å². The molecular formula is C17H22FN5S. The molecule has 1 saturated heterocycles. The summed E-state index contributed by atoms with van der Waals surface area (Å²) in [5.41, 5.74) is 2.74. The van der Waals surface area contributed by atoms with Crippen molar-refractivity contribution in [1.82, 2.24) is 19.6 Å². The summed E-state index contributed by atoms with van der Waals surface area (Å²) in [6, 6.07) is 6.96. The van der Waals surface area contributed by atoms with Crippen LogP contribution in [0.5, 0.6) is 0 Å². The number of hydrogen-bond acceptors (Lipinski definition) is 3. The third kappa shape index (κ3) is 3.73. The fraction of sp³-hybridized carbons (Fsp3) is 0.412. The number of aryl methyl sites for hydroxylation is 1. The first-order chi connectivity index (χ1) is 11.5. The molecule has 2 aromatic rings. The molecule has 1 aliphatic rings. The van der Waals surface area contributed by atoms with Crippen LogP contribution in [0.15, 0.2) is 30.5 Å². The third-order valence-corrected chi connectivity index (χ3v) is 4.85. The molecule has 0 radical (unpaired) electrons. The molecule has 0 spiro atoms. The molecular weight excluding hydrogens is 325 g/mol. The predicted octanol–water partition coefficient (Wildman–Crippen LogP) is 2.38. The molecule has 1 aromatic heterocycles. The zero-order valence-corrected chi connectivity index (χ0v) is 14.8. The Balaban J connectivity index is 1.52. The van der Waals surface area contributed by atoms with Crippen LogP contribution in [0.25, 0.3) is 0 Å². The van der Waals surface area contributed by atoms with E-state index in [2.05, 4.69) is 20.2 Å². The quantitative estimate of drug-likeness (QED) is 0.863. The highest BCUT2D eigenvalue weighted by Crippen LogP contribution is 2.15. The Morgan fingerprint density at radius 1 is 1.25 bits per heavy atom. The van der Waals surface area contributed by atoms with Crippen LogP contribution in [0.2, 0.25) is 0 Å². The number of benzene rings is 1. The summed E-state index contributed by atoms with van der Waals surface area (Å²) < 4.78 is 15.6. The van der Waals surface area contributed by atoms with Crippen LogP contribution < -0.4 is 5.32 Å². The Morgan fingerprint density at radius 2 is 1.96 bits per heavy atom. The Morgan fingerprint density at radius 3 is 2.58 bits per heavy atom. The topological polar surface area (TPSA) is 36.3 Å². The van der Waals surface area contributed by atoms with Gasteiger partial charge in [0.05, 0.1) is 17.6 Å². The molecule has 0 aliphatic carbocycles. The number of hydrogen-bond donors (Lipinski definition) is 1. The first-order valence-electron chi connectivity index (χ1n) is 8.05. The average Bonchev–Trinajstić information content (AvgIpc) is 2.90. The van der Waals surface area contributed by atoms with Gasteiger partial charge in [0.2, 0.25) is 0 Å². The van der Waals surface area contributed by atoms with Gasteiger partial charge in [-0.15, -0.1) is 0 Å². The number of nitrogens with one attached hydrogen (secondary N) is 1. The maximum atomic E-state index is 13.8. The zero-order valence-electron chi connectivity index (χ0n) is 14.0. The van der Waals surface area contributed by atoms with E-state index in [1.54, 1.807) is 12.3 Å². The minimum absolute atomic E-state index is 0.135. The minimum Gasteiger partial charge on any atom is -0.346 e. The van der Waals surface area contributed by atoms with E-state index in [0.717, 1.165) is 48.2 Å². The maximum absolute atomic E-state index is 13.8. The lowest BCUT2D eigenvalue weighted by atomic mass is 10.2. The average molecular weight is 347 g/mol. The normalized spacial score (nSPS) is 15.5. The van der Waals surface area contributed by atoms with E-state index in [4.69, 9.17) is 12.2 Å². The molecule has 1 N–H and O–H groups in total. The number of rotatable bonds is 3. The summed E-state index contributed by atoms with van der Waals surface area (Å²) in [7, 11) is 1.91. The molecule has 7 heteroatoms. The van der Waals surface area contributed by atoms with Gasteiger partial charge in [-0.2, -0.15) is 5.10 Å². The van der Waals surface area contributed by atoms with Crippen molar-refractivity contribution in [3.8, 4) is 0 Å². The highest BCUT2D eigenvalue weighted by molar-refractivity contribution is 7.80. The van der Waals surface area contributed by atoms with Crippen molar-refractivity contribution in [1.29, 1.82) is 0 Å². The van der Waals surface area contributed by atoms with E-state index < -0.39 is 0 Å². The highest BCUT2D eigenvalue weighted by Gasteiger charge is 2.20. The second-order valence-electron chi connectivity index (χ2n) is 6.05. The van der Waals surface area contributed by atoms with Crippen molar-refractivity contribution in [3.05, 3.63) is 47.5 Å². The summed E-state index contributed by atoms with van der Waals surface area (Å²) in [6.07, 6.45) is 1.79. The fourth-order valence-corrected chi connectivity index (χ4v) is 3.08. The monoisotopic (exact) mass is 347 g/mol. The van der Waals surface area contributed by atoms with Crippen molar-refractivity contribution in [3.63, 3.8) is 0 Å². The lowest BCUT2D eigenvalue weighted by Gasteiger charge is -2.36. The van der Waals surface area contributed by atoms with Gasteiger partial charge in [0.25, 0.3) is 0 Å². The molecule has 3 rings (SSSR count). The van der Waals surface area contributed by atoms with Crippen LogP contribution in [-0.2, 0) is 13.6 Å². The molecule has 1 fully saturated rings. The molecule has 0 saturated carbocycles. The molecule has 2 heterocycles. The van der Waals surface area contributed by atoms with Crippen molar-refractivity contribution >= 4 is 23.0 Å². The highest BCUT2D eigenvalue weighted by atomic mass is 32.1. The third-order valence-electron chi connectivity index (χ3n) is 4.49. The molecule has 1 aromatic carbocycles. The number of halogens is 1. The largest absolute Gasteiger partial charge is 0.346 e. The summed E-state index contributed by atoms with van der Waals surface area (Å²) in [4.78, 5) is 4.41. The van der Waals surface area contributed by atoms with Crippen molar-refractivity contribution < 1.29 is 4.39 Å². The number of aromatic nitrogens is 2. The lowest BCUT2D eigenvalue weighted by Crippen LogP contribution is -2.49. The standard InChI is InChI=1S/C17H22FN5S/c1-13-16(11-19-21(13)2)20-17(24)23-9-7-22(8-10-23)12-14-5-3-4-6-15(14)18/h3-6,11H,7-10,12H2,1-2H3,(H,20,24). The van der Waals surface area contributed by atoms with Crippen molar-refractivity contribution in [2.75, 3.05) is 31.5 Å². The van der Waals surface area contributed by atoms with E-state index in [1.165, 1.54) is 6.07 Å². The maximum Gasteiger partial charge on any atom is 0.173 e. The minimum atomic E-state index is -0.135. The van der Waals surface area contributed by atoms with Gasteiger partial charge in [0, 0.05) is 45.3 Å². The van der Waals surface area contributed by atoms with Crippen molar-refractivity contribution in [2.45, 2.75) is 13.5 Å². The Bertz CT molecular complexity index is 722. The summed E-state index contributed by atoms with van der Waals surface area (Å²) >= 11 is 5.51. The number of nitrogens with zero attached hydrogens (tertiary/aromatic N) is 4. The Labute approximate surface area is 147 Å². The molecule has 0 atom stereocenters. The SMILES string of the molecule is Cc1c(NC(=S)N2CCN(Cc3ccccc3F)CC2)cnn1C. The van der Waals surface area contributed by atoms with Crippen LogP contribution in [-0.4, -0.2) is 50.9 Å². The summed E-state index contributed by atoms with van der Waals surface area (Å²) in [5, 5.41) is 8.20. The molecule has 128 valence electrons. The van der Waals surface area contributed by atoms with Gasteiger partial charge in [-0.05, 0) is 25.2 Å². The van der Waals surface area contributed by atoms with Crippen LogP contribution >= 0.6 is 12.2 Å². The Hall–Kier alpha value is -1.99. The first-order valence-corrected chi connectivity index (χ1v) is 8.45. The molecule has 0 unspecified atom stereocenters. The molecule has 5 nitrogen and oxygen atoms in total. The lowest BCUT2D eigenvalue weighted by molar-refractivity contribution is 0.175. The van der Waals surface area contributed by atoms with Crippen LogP contribution in [0.4, 0.5) is 10.1 Å². The van der Waals surface area contributed by atoms with Crippen LogP contribution in [0.1, 0.15) is 11.3 Å². The number of piperazine rings is 1. The van der Waals surface area contributed by atoms with Gasteiger partial charge in [-0.1, -0.05) is 18.2 Å². The second kappa shape index (κ2) is 7.27. The van der Waals surface area contributed by atoms with E-state index in [0.29, 0.717) is 6.54 Å². The Kier molecular flexibility index (Phi) is 5.11.